The molecule has 37 heavy (non-hydrogen) atoms. The number of hydrogen-bond acceptors (Lipinski definition) is 8. The van der Waals surface area contributed by atoms with Crippen LogP contribution >= 0.6 is 0 Å². The van der Waals surface area contributed by atoms with Crippen molar-refractivity contribution in [2.75, 3.05) is 17.7 Å². The minimum absolute atomic E-state index is 0.00249. The van der Waals surface area contributed by atoms with Crippen molar-refractivity contribution in [2.24, 2.45) is 0 Å². The van der Waals surface area contributed by atoms with E-state index in [0.29, 0.717) is 36.2 Å². The van der Waals surface area contributed by atoms with Crippen LogP contribution < -0.4 is 16.3 Å². The number of hydrogen-bond donors (Lipinski definition) is 2. The summed E-state index contributed by atoms with van der Waals surface area (Å²) in [7, 11) is 1.76. The van der Waals surface area contributed by atoms with Crippen LogP contribution in [0.25, 0.3) is 10.9 Å². The average molecular weight is 508 g/mol. The van der Waals surface area contributed by atoms with Crippen molar-refractivity contribution in [3.05, 3.63) is 58.2 Å². The Morgan fingerprint density at radius 1 is 1.14 bits per heavy atom. The lowest BCUT2D eigenvalue weighted by atomic mass is 9.95. The molecule has 0 saturated heterocycles. The first-order valence-electron chi connectivity index (χ1n) is 12.3. The number of rotatable bonds is 6. The maximum absolute atomic E-state index is 13.6. The van der Waals surface area contributed by atoms with Gasteiger partial charge in [-0.25, -0.2) is 9.59 Å². The van der Waals surface area contributed by atoms with Crippen LogP contribution in [0.1, 0.15) is 57.6 Å². The molecule has 1 aromatic carbocycles. The Morgan fingerprint density at radius 3 is 2.46 bits per heavy atom. The van der Waals surface area contributed by atoms with E-state index in [9.17, 15) is 14.4 Å². The summed E-state index contributed by atoms with van der Waals surface area (Å²) in [6.07, 6.45) is 5.73. The zero-order valence-corrected chi connectivity index (χ0v) is 21.9. The van der Waals surface area contributed by atoms with Gasteiger partial charge in [-0.1, -0.05) is 12.8 Å². The topological polar surface area (TPSA) is 127 Å². The fraction of sp³-hybridized carbons (Fsp3) is 0.444. The number of likely N-dealkylation sites (N-methyl/N-ethyl adjacent to an activating group) is 1. The lowest BCUT2D eigenvalue weighted by Crippen LogP contribution is -2.51. The molecule has 2 amide bonds. The lowest BCUT2D eigenvalue weighted by Gasteiger charge is -2.33. The number of carbonyl (C=O) groups excluding carboxylic acids is 2. The Kier molecular flexibility index (Phi) is 7.20. The molecule has 196 valence electrons. The second kappa shape index (κ2) is 10.2. The van der Waals surface area contributed by atoms with Crippen LogP contribution in [0.15, 0.2) is 45.9 Å². The molecular formula is C27H33N5O5. The number of aryl methyl sites for hydroxylation is 1. The highest BCUT2D eigenvalue weighted by Crippen LogP contribution is 2.35. The Hall–Kier alpha value is -3.95. The van der Waals surface area contributed by atoms with Crippen molar-refractivity contribution in [3.63, 3.8) is 0 Å². The molecule has 10 nitrogen and oxygen atoms in total. The molecule has 0 aliphatic heterocycles. The molecule has 0 spiro atoms. The molecule has 2 N–H and O–H groups in total. The van der Waals surface area contributed by atoms with Gasteiger partial charge in [-0.2, -0.15) is 4.98 Å². The molecule has 0 unspecified atom stereocenters. The van der Waals surface area contributed by atoms with Gasteiger partial charge >= 0.3 is 11.7 Å². The molecule has 1 fully saturated rings. The van der Waals surface area contributed by atoms with E-state index in [1.54, 1.807) is 64.2 Å². The summed E-state index contributed by atoms with van der Waals surface area (Å²) in [5, 5.41) is 6.10. The maximum Gasteiger partial charge on any atom is 0.412 e. The summed E-state index contributed by atoms with van der Waals surface area (Å²) >= 11 is 0. The Balaban J connectivity index is 1.59. The zero-order valence-electron chi connectivity index (χ0n) is 21.9. The number of aromatic nitrogens is 2. The van der Waals surface area contributed by atoms with E-state index in [2.05, 4.69) is 20.6 Å². The Bertz CT molecular complexity index is 1360. The van der Waals surface area contributed by atoms with E-state index in [0.717, 1.165) is 18.4 Å². The molecule has 0 radical (unpaired) electrons. The predicted molar refractivity (Wildman–Crippen MR) is 140 cm³/mol. The monoisotopic (exact) mass is 507 g/mol. The first-order chi connectivity index (χ1) is 17.5. The Labute approximate surface area is 215 Å². The van der Waals surface area contributed by atoms with Crippen LogP contribution in [-0.4, -0.2) is 45.1 Å². The third kappa shape index (κ3) is 5.90. The van der Waals surface area contributed by atoms with E-state index in [1.165, 1.54) is 0 Å². The third-order valence-corrected chi connectivity index (χ3v) is 6.42. The van der Waals surface area contributed by atoms with E-state index < -0.39 is 22.9 Å². The van der Waals surface area contributed by atoms with Gasteiger partial charge in [-0.3, -0.25) is 15.1 Å². The normalized spacial score (nSPS) is 14.8. The molecular weight excluding hydrogens is 474 g/mol. The lowest BCUT2D eigenvalue weighted by molar-refractivity contribution is -0.135. The number of amides is 2. The summed E-state index contributed by atoms with van der Waals surface area (Å²) in [6.45, 7) is 7.45. The highest BCUT2D eigenvalue weighted by Gasteiger charge is 2.44. The number of fused-ring (bicyclic) bond motifs is 1. The molecule has 1 aliphatic rings. The molecule has 10 heteroatoms. The Morgan fingerprint density at radius 2 is 1.81 bits per heavy atom. The summed E-state index contributed by atoms with van der Waals surface area (Å²) in [4.78, 5) is 49.0. The number of pyridine rings is 1. The number of carbonyl (C=O) groups is 2. The molecule has 0 bridgehead atoms. The molecule has 0 atom stereocenters. The van der Waals surface area contributed by atoms with E-state index >= 15 is 0 Å². The van der Waals surface area contributed by atoms with Gasteiger partial charge in [0.25, 0.3) is 6.01 Å². The van der Waals surface area contributed by atoms with Crippen molar-refractivity contribution in [2.45, 2.75) is 71.1 Å². The van der Waals surface area contributed by atoms with Gasteiger partial charge in [-0.15, -0.1) is 0 Å². The van der Waals surface area contributed by atoms with Crippen LogP contribution in [0.3, 0.4) is 0 Å². The average Bonchev–Trinajstić information content (AvgIpc) is 3.29. The largest absolute Gasteiger partial charge is 0.444 e. The number of nitrogens with one attached hydrogen (secondary N) is 2. The fourth-order valence-corrected chi connectivity index (χ4v) is 4.70. The van der Waals surface area contributed by atoms with E-state index in [4.69, 9.17) is 9.15 Å². The molecule has 1 saturated carbocycles. The smallest absolute Gasteiger partial charge is 0.412 e. The van der Waals surface area contributed by atoms with Gasteiger partial charge in [0.15, 0.2) is 0 Å². The number of anilines is 2. The highest BCUT2D eigenvalue weighted by molar-refractivity contribution is 5.93. The number of ether oxygens (including phenoxy) is 1. The van der Waals surface area contributed by atoms with Gasteiger partial charge in [0.1, 0.15) is 11.1 Å². The fourth-order valence-electron chi connectivity index (χ4n) is 4.70. The van der Waals surface area contributed by atoms with Gasteiger partial charge in [-0.05, 0) is 75.9 Å². The molecule has 2 heterocycles. The predicted octanol–water partition coefficient (Wildman–Crippen LogP) is 4.62. The van der Waals surface area contributed by atoms with Crippen LogP contribution in [0.4, 0.5) is 16.5 Å². The standard InChI is InChI=1S/C27H33N5O5/c1-17-19(30-25(35)37-26(2,3)4)8-9-20-21(17)22(33)36-24(29-20)31-27(12-6-7-13-27)23(34)32(5)16-18-10-14-28-15-11-18/h8-11,14-15H,6-7,12-13,16H2,1-5H3,(H,29,31)(H,30,35). The SMILES string of the molecule is Cc1c(NC(=O)OC(C)(C)C)ccc2nc(NC3(C(=O)N(C)Cc4ccncc4)CCCC3)oc(=O)c12. The van der Waals surface area contributed by atoms with Gasteiger partial charge in [0, 0.05) is 31.7 Å². The van der Waals surface area contributed by atoms with Crippen LogP contribution in [0, 0.1) is 6.92 Å². The maximum atomic E-state index is 13.6. The van der Waals surface area contributed by atoms with Crippen molar-refractivity contribution in [1.82, 2.24) is 14.9 Å². The van der Waals surface area contributed by atoms with Crippen molar-refractivity contribution in [1.29, 1.82) is 0 Å². The summed E-state index contributed by atoms with van der Waals surface area (Å²) in [5.41, 5.74) is 0.138. The van der Waals surface area contributed by atoms with Crippen LogP contribution in [-0.2, 0) is 16.1 Å². The van der Waals surface area contributed by atoms with Crippen LogP contribution in [0.5, 0.6) is 0 Å². The molecule has 2 aromatic heterocycles. The first-order valence-corrected chi connectivity index (χ1v) is 12.3. The highest BCUT2D eigenvalue weighted by atomic mass is 16.6. The second-order valence-corrected chi connectivity index (χ2v) is 10.5. The molecule has 1 aliphatic carbocycles. The second-order valence-electron chi connectivity index (χ2n) is 10.5. The summed E-state index contributed by atoms with van der Waals surface area (Å²) < 4.78 is 10.9. The van der Waals surface area contributed by atoms with Crippen molar-refractivity contribution >= 4 is 34.6 Å². The van der Waals surface area contributed by atoms with Crippen molar-refractivity contribution < 1.29 is 18.7 Å². The number of benzene rings is 1. The zero-order chi connectivity index (χ0) is 26.8. The summed E-state index contributed by atoms with van der Waals surface area (Å²) in [5.74, 6) is -0.0838. The summed E-state index contributed by atoms with van der Waals surface area (Å²) in [6, 6.07) is 7.04. The molecule has 4 rings (SSSR count). The first kappa shape index (κ1) is 26.1. The quantitative estimate of drug-likeness (QED) is 0.495. The molecule has 3 aromatic rings. The third-order valence-electron chi connectivity index (χ3n) is 6.42. The van der Waals surface area contributed by atoms with Crippen molar-refractivity contribution in [3.8, 4) is 0 Å². The number of nitrogens with zero attached hydrogens (tertiary/aromatic N) is 3. The van der Waals surface area contributed by atoms with E-state index in [1.807, 2.05) is 12.1 Å². The van der Waals surface area contributed by atoms with E-state index in [-0.39, 0.29) is 17.3 Å². The van der Waals surface area contributed by atoms with Gasteiger partial charge in [0.05, 0.1) is 10.9 Å². The van der Waals surface area contributed by atoms with Gasteiger partial charge in [0.2, 0.25) is 5.91 Å². The minimum atomic E-state index is -0.911. The van der Waals surface area contributed by atoms with Crippen LogP contribution in [0.2, 0.25) is 0 Å². The minimum Gasteiger partial charge on any atom is -0.444 e. The van der Waals surface area contributed by atoms with Gasteiger partial charge < -0.3 is 19.4 Å².